The van der Waals surface area contributed by atoms with E-state index in [1.54, 1.807) is 13.8 Å². The molecule has 0 radical (unpaired) electrons. The Hall–Kier alpha value is -1.62. The molecule has 0 saturated heterocycles. The lowest BCUT2D eigenvalue weighted by molar-refractivity contribution is 0.0991. The van der Waals surface area contributed by atoms with Gasteiger partial charge in [-0.15, -0.1) is 11.6 Å². The monoisotopic (exact) mass is 295 g/mol. The van der Waals surface area contributed by atoms with Crippen molar-refractivity contribution >= 4 is 17.4 Å². The van der Waals surface area contributed by atoms with Gasteiger partial charge < -0.3 is 9.09 Å². The summed E-state index contributed by atoms with van der Waals surface area (Å²) >= 11 is 5.88. The lowest BCUT2D eigenvalue weighted by Gasteiger charge is -2.08. The third kappa shape index (κ3) is 2.93. The number of rotatable bonds is 5. The topological polar surface area (TPSA) is 60.9 Å². The molecule has 0 aliphatic rings. The van der Waals surface area contributed by atoms with Crippen molar-refractivity contribution < 1.29 is 9.32 Å². The lowest BCUT2D eigenvalue weighted by atomic mass is 10.1. The second kappa shape index (κ2) is 5.79. The van der Waals surface area contributed by atoms with Crippen LogP contribution in [0.4, 0.5) is 0 Å². The van der Waals surface area contributed by atoms with Crippen molar-refractivity contribution in [2.45, 2.75) is 46.0 Å². The highest BCUT2D eigenvalue weighted by Gasteiger charge is 2.19. The normalized spacial score (nSPS) is 12.7. The van der Waals surface area contributed by atoms with Gasteiger partial charge in [0.1, 0.15) is 0 Å². The minimum atomic E-state index is -0.512. The summed E-state index contributed by atoms with van der Waals surface area (Å²) in [5.74, 6) is 1.20. The van der Waals surface area contributed by atoms with Crippen LogP contribution in [0, 0.1) is 20.8 Å². The number of aryl methyl sites for hydroxylation is 3. The van der Waals surface area contributed by atoms with E-state index in [-0.39, 0.29) is 5.78 Å². The van der Waals surface area contributed by atoms with Gasteiger partial charge in [-0.3, -0.25) is 4.79 Å². The van der Waals surface area contributed by atoms with E-state index in [9.17, 15) is 4.79 Å². The van der Waals surface area contributed by atoms with E-state index in [0.29, 0.717) is 30.2 Å². The van der Waals surface area contributed by atoms with E-state index in [4.69, 9.17) is 16.1 Å². The van der Waals surface area contributed by atoms with Gasteiger partial charge in [0, 0.05) is 29.9 Å². The zero-order chi connectivity index (χ0) is 14.9. The highest BCUT2D eigenvalue weighted by atomic mass is 35.5. The number of aromatic nitrogens is 3. The number of hydrogen-bond donors (Lipinski definition) is 0. The quantitative estimate of drug-likeness (QED) is 0.628. The minimum absolute atomic E-state index is 0.0420. The predicted octanol–water partition coefficient (Wildman–Crippen LogP) is 2.85. The number of halogens is 1. The number of carbonyl (C=O) groups is 1. The third-order valence-electron chi connectivity index (χ3n) is 3.32. The summed E-state index contributed by atoms with van der Waals surface area (Å²) < 4.78 is 7.17. The maximum atomic E-state index is 12.0. The van der Waals surface area contributed by atoms with Gasteiger partial charge in [-0.2, -0.15) is 4.98 Å². The first-order valence-corrected chi connectivity index (χ1v) is 6.98. The first-order valence-electron chi connectivity index (χ1n) is 6.54. The standard InChI is InChI=1S/C14H18ClN3O2/c1-8-7-12(14(19)9(2)15)10(3)18(8)6-5-13-16-11(4)17-20-13/h7,9H,5-6H2,1-4H3. The van der Waals surface area contributed by atoms with Crippen LogP contribution in [0.2, 0.25) is 0 Å². The summed E-state index contributed by atoms with van der Waals surface area (Å²) in [5, 5.41) is 3.25. The minimum Gasteiger partial charge on any atom is -0.348 e. The molecule has 0 aliphatic heterocycles. The predicted molar refractivity (Wildman–Crippen MR) is 76.3 cm³/mol. The Labute approximate surface area is 122 Å². The number of carbonyl (C=O) groups excluding carboxylic acids is 1. The number of hydrogen-bond acceptors (Lipinski definition) is 4. The fraction of sp³-hybridized carbons (Fsp3) is 0.500. The maximum Gasteiger partial charge on any atom is 0.228 e. The van der Waals surface area contributed by atoms with Gasteiger partial charge in [0.05, 0.1) is 5.38 Å². The van der Waals surface area contributed by atoms with Crippen molar-refractivity contribution in [1.29, 1.82) is 0 Å². The Morgan fingerprint density at radius 3 is 2.70 bits per heavy atom. The highest BCUT2D eigenvalue weighted by Crippen LogP contribution is 2.19. The first kappa shape index (κ1) is 14.8. The summed E-state index contributed by atoms with van der Waals surface area (Å²) in [6.07, 6.45) is 0.640. The van der Waals surface area contributed by atoms with E-state index in [1.807, 2.05) is 19.9 Å². The van der Waals surface area contributed by atoms with Crippen molar-refractivity contribution in [3.63, 3.8) is 0 Å². The molecular formula is C14H18ClN3O2. The smallest absolute Gasteiger partial charge is 0.228 e. The summed E-state index contributed by atoms with van der Waals surface area (Å²) in [7, 11) is 0. The Bertz CT molecular complexity index is 628. The number of Topliss-reactive ketones (excluding diaryl/α,β-unsaturated/α-hetero) is 1. The molecule has 20 heavy (non-hydrogen) atoms. The molecule has 1 unspecified atom stereocenters. The molecule has 0 N–H and O–H groups in total. The van der Waals surface area contributed by atoms with Crippen LogP contribution < -0.4 is 0 Å². The molecule has 6 heteroatoms. The molecule has 0 aliphatic carbocycles. The van der Waals surface area contributed by atoms with Crippen LogP contribution in [0.3, 0.4) is 0 Å². The molecule has 0 spiro atoms. The zero-order valence-corrected chi connectivity index (χ0v) is 12.9. The molecule has 1 atom stereocenters. The van der Waals surface area contributed by atoms with E-state index >= 15 is 0 Å². The van der Waals surface area contributed by atoms with Crippen molar-refractivity contribution in [3.05, 3.63) is 34.7 Å². The second-order valence-electron chi connectivity index (χ2n) is 4.90. The molecule has 2 heterocycles. The van der Waals surface area contributed by atoms with E-state index < -0.39 is 5.38 Å². The second-order valence-corrected chi connectivity index (χ2v) is 5.56. The van der Waals surface area contributed by atoms with E-state index in [0.717, 1.165) is 11.4 Å². The van der Waals surface area contributed by atoms with Crippen LogP contribution in [0.5, 0.6) is 0 Å². The Morgan fingerprint density at radius 2 is 2.15 bits per heavy atom. The number of ketones is 1. The van der Waals surface area contributed by atoms with Crippen LogP contribution >= 0.6 is 11.6 Å². The van der Waals surface area contributed by atoms with Crippen LogP contribution in [0.15, 0.2) is 10.6 Å². The van der Waals surface area contributed by atoms with E-state index in [1.165, 1.54) is 0 Å². The van der Waals surface area contributed by atoms with Crippen LogP contribution in [0.25, 0.3) is 0 Å². The van der Waals surface area contributed by atoms with Crippen LogP contribution in [-0.4, -0.2) is 25.9 Å². The molecule has 0 aromatic carbocycles. The van der Waals surface area contributed by atoms with Crippen molar-refractivity contribution in [2.75, 3.05) is 0 Å². The highest BCUT2D eigenvalue weighted by molar-refractivity contribution is 6.33. The molecule has 0 saturated carbocycles. The molecule has 2 rings (SSSR count). The van der Waals surface area contributed by atoms with Gasteiger partial charge in [0.15, 0.2) is 11.6 Å². The average molecular weight is 296 g/mol. The first-order chi connectivity index (χ1) is 9.40. The van der Waals surface area contributed by atoms with Crippen molar-refractivity contribution in [3.8, 4) is 0 Å². The molecule has 0 amide bonds. The largest absolute Gasteiger partial charge is 0.348 e. The summed E-state index contributed by atoms with van der Waals surface area (Å²) in [6, 6.07) is 1.88. The van der Waals surface area contributed by atoms with Gasteiger partial charge >= 0.3 is 0 Å². The number of alkyl halides is 1. The molecule has 2 aromatic rings. The lowest BCUT2D eigenvalue weighted by Crippen LogP contribution is -2.12. The van der Waals surface area contributed by atoms with Gasteiger partial charge in [0.2, 0.25) is 5.89 Å². The average Bonchev–Trinajstić information content (AvgIpc) is 2.91. The van der Waals surface area contributed by atoms with Crippen molar-refractivity contribution in [2.24, 2.45) is 0 Å². The fourth-order valence-corrected chi connectivity index (χ4v) is 2.38. The fourth-order valence-electron chi connectivity index (χ4n) is 2.26. The van der Waals surface area contributed by atoms with Gasteiger partial charge in [-0.25, -0.2) is 0 Å². The van der Waals surface area contributed by atoms with Gasteiger partial charge in [-0.1, -0.05) is 5.16 Å². The Morgan fingerprint density at radius 1 is 1.45 bits per heavy atom. The Kier molecular flexibility index (Phi) is 4.28. The molecule has 0 fully saturated rings. The van der Waals surface area contributed by atoms with Crippen LogP contribution in [0.1, 0.15) is 40.4 Å². The summed E-state index contributed by atoms with van der Waals surface area (Å²) in [6.45, 7) is 8.08. The molecule has 0 bridgehead atoms. The maximum absolute atomic E-state index is 12.0. The zero-order valence-electron chi connectivity index (χ0n) is 12.1. The molecule has 5 nitrogen and oxygen atoms in total. The molecular weight excluding hydrogens is 278 g/mol. The summed E-state index contributed by atoms with van der Waals surface area (Å²) in [4.78, 5) is 16.2. The van der Waals surface area contributed by atoms with Gasteiger partial charge in [0.25, 0.3) is 0 Å². The van der Waals surface area contributed by atoms with Crippen LogP contribution in [-0.2, 0) is 13.0 Å². The van der Waals surface area contributed by atoms with Gasteiger partial charge in [-0.05, 0) is 33.8 Å². The summed E-state index contributed by atoms with van der Waals surface area (Å²) in [5.41, 5.74) is 2.64. The molecule has 108 valence electrons. The number of nitrogens with zero attached hydrogens (tertiary/aromatic N) is 3. The van der Waals surface area contributed by atoms with Crippen molar-refractivity contribution in [1.82, 2.24) is 14.7 Å². The van der Waals surface area contributed by atoms with E-state index in [2.05, 4.69) is 14.7 Å². The third-order valence-corrected chi connectivity index (χ3v) is 3.52. The Balaban J connectivity index is 2.18. The molecule has 2 aromatic heterocycles. The SMILES string of the molecule is Cc1noc(CCn2c(C)cc(C(=O)C(C)Cl)c2C)n1.